The number of ether oxygens (including phenoxy) is 1. The Labute approximate surface area is 141 Å². The number of alkyl carbamates (subject to hydrolysis) is 1. The fraction of sp³-hybridized carbons (Fsp3) is 0.263. The summed E-state index contributed by atoms with van der Waals surface area (Å²) in [6.45, 7) is 3.64. The highest BCUT2D eigenvalue weighted by Gasteiger charge is 2.38. The standard InChI is InChI=1S/C19H21NO4/c1-19(2,15-11-7-4-8-12-15)16(17(21)22)20-18(23)24-13-14-9-5-3-6-10-14/h3-12,16H,13H2,1-2H3,(H,20,23)(H,21,22)/t16-/m1/s1. The summed E-state index contributed by atoms with van der Waals surface area (Å²) in [7, 11) is 0. The van der Waals surface area contributed by atoms with Crippen LogP contribution in [0.15, 0.2) is 60.7 Å². The first-order valence-electron chi connectivity index (χ1n) is 7.67. The van der Waals surface area contributed by atoms with Crippen molar-refractivity contribution < 1.29 is 19.4 Å². The van der Waals surface area contributed by atoms with Gasteiger partial charge in [0.05, 0.1) is 0 Å². The number of rotatable bonds is 6. The van der Waals surface area contributed by atoms with Gasteiger partial charge >= 0.3 is 12.1 Å². The minimum Gasteiger partial charge on any atom is -0.480 e. The number of carboxylic acid groups (broad SMARTS) is 1. The van der Waals surface area contributed by atoms with Gasteiger partial charge in [0, 0.05) is 5.41 Å². The molecular weight excluding hydrogens is 306 g/mol. The van der Waals surface area contributed by atoms with Crippen molar-refractivity contribution in [3.63, 3.8) is 0 Å². The smallest absolute Gasteiger partial charge is 0.408 e. The largest absolute Gasteiger partial charge is 0.480 e. The quantitative estimate of drug-likeness (QED) is 0.853. The maximum absolute atomic E-state index is 12.0. The van der Waals surface area contributed by atoms with E-state index in [1.54, 1.807) is 13.8 Å². The molecule has 0 aliphatic rings. The Kier molecular flexibility index (Phi) is 5.58. The van der Waals surface area contributed by atoms with Crippen LogP contribution in [0.5, 0.6) is 0 Å². The summed E-state index contributed by atoms with van der Waals surface area (Å²) in [5, 5.41) is 12.0. The van der Waals surface area contributed by atoms with Gasteiger partial charge in [-0.1, -0.05) is 74.5 Å². The van der Waals surface area contributed by atoms with Crippen LogP contribution in [0.1, 0.15) is 25.0 Å². The van der Waals surface area contributed by atoms with Gasteiger partial charge in [-0.25, -0.2) is 9.59 Å². The van der Waals surface area contributed by atoms with E-state index in [1.165, 1.54) is 0 Å². The Morgan fingerprint density at radius 3 is 2.12 bits per heavy atom. The SMILES string of the molecule is CC(C)(c1ccccc1)[C@H](NC(=O)OCc1ccccc1)C(=O)O. The van der Waals surface area contributed by atoms with Gasteiger partial charge in [-0.15, -0.1) is 0 Å². The van der Waals surface area contributed by atoms with Gasteiger partial charge in [0.25, 0.3) is 0 Å². The molecule has 24 heavy (non-hydrogen) atoms. The first-order chi connectivity index (χ1) is 11.4. The van der Waals surface area contributed by atoms with Gasteiger partial charge in [0.15, 0.2) is 0 Å². The molecule has 126 valence electrons. The maximum atomic E-state index is 12.0. The van der Waals surface area contributed by atoms with Crippen molar-refractivity contribution in [3.8, 4) is 0 Å². The van der Waals surface area contributed by atoms with E-state index in [0.29, 0.717) is 0 Å². The van der Waals surface area contributed by atoms with E-state index in [0.717, 1.165) is 11.1 Å². The van der Waals surface area contributed by atoms with Gasteiger partial charge in [0.1, 0.15) is 12.6 Å². The molecule has 2 aromatic rings. The molecule has 0 aliphatic heterocycles. The molecule has 0 bridgehead atoms. The molecule has 0 saturated carbocycles. The zero-order valence-electron chi connectivity index (χ0n) is 13.7. The van der Waals surface area contributed by atoms with E-state index < -0.39 is 23.5 Å². The highest BCUT2D eigenvalue weighted by molar-refractivity contribution is 5.81. The molecule has 0 saturated heterocycles. The van der Waals surface area contributed by atoms with Crippen LogP contribution in [0.2, 0.25) is 0 Å². The lowest BCUT2D eigenvalue weighted by Gasteiger charge is -2.32. The van der Waals surface area contributed by atoms with Crippen molar-refractivity contribution in [3.05, 3.63) is 71.8 Å². The van der Waals surface area contributed by atoms with Crippen LogP contribution < -0.4 is 5.32 Å². The number of amides is 1. The van der Waals surface area contributed by atoms with Crippen molar-refractivity contribution in [1.29, 1.82) is 0 Å². The average molecular weight is 327 g/mol. The molecule has 0 aromatic heterocycles. The molecule has 0 radical (unpaired) electrons. The van der Waals surface area contributed by atoms with Crippen LogP contribution in [0.3, 0.4) is 0 Å². The zero-order valence-corrected chi connectivity index (χ0v) is 13.7. The summed E-state index contributed by atoms with van der Waals surface area (Å²) in [5.41, 5.74) is 0.862. The maximum Gasteiger partial charge on any atom is 0.408 e. The second-order valence-electron chi connectivity index (χ2n) is 6.07. The molecule has 2 rings (SSSR count). The van der Waals surface area contributed by atoms with Crippen molar-refractivity contribution in [1.82, 2.24) is 5.32 Å². The molecule has 1 amide bonds. The van der Waals surface area contributed by atoms with Crippen LogP contribution in [-0.2, 0) is 21.6 Å². The normalized spacial score (nSPS) is 12.2. The lowest BCUT2D eigenvalue weighted by atomic mass is 9.77. The van der Waals surface area contributed by atoms with E-state index in [4.69, 9.17) is 4.74 Å². The first kappa shape index (κ1) is 17.5. The zero-order chi connectivity index (χ0) is 17.6. The Bertz CT molecular complexity index is 683. The Morgan fingerprint density at radius 1 is 1.04 bits per heavy atom. The fourth-order valence-electron chi connectivity index (χ4n) is 2.47. The van der Waals surface area contributed by atoms with E-state index in [2.05, 4.69) is 5.32 Å². The third kappa shape index (κ3) is 4.35. The monoisotopic (exact) mass is 327 g/mol. The number of benzene rings is 2. The van der Waals surface area contributed by atoms with E-state index >= 15 is 0 Å². The third-order valence-electron chi connectivity index (χ3n) is 3.96. The molecular formula is C19H21NO4. The Hall–Kier alpha value is -2.82. The van der Waals surface area contributed by atoms with Crippen LogP contribution >= 0.6 is 0 Å². The minimum absolute atomic E-state index is 0.0881. The summed E-state index contributed by atoms with van der Waals surface area (Å²) in [6, 6.07) is 17.3. The number of aliphatic carboxylic acids is 1. The number of hydrogen-bond donors (Lipinski definition) is 2. The lowest BCUT2D eigenvalue weighted by Crippen LogP contribution is -2.52. The van der Waals surface area contributed by atoms with Gasteiger partial charge < -0.3 is 15.2 Å². The van der Waals surface area contributed by atoms with Gasteiger partial charge in [-0.2, -0.15) is 0 Å². The van der Waals surface area contributed by atoms with E-state index in [-0.39, 0.29) is 6.61 Å². The second-order valence-corrected chi connectivity index (χ2v) is 6.07. The Morgan fingerprint density at radius 2 is 1.58 bits per heavy atom. The molecule has 0 fully saturated rings. The van der Waals surface area contributed by atoms with Gasteiger partial charge in [0.2, 0.25) is 0 Å². The van der Waals surface area contributed by atoms with Crippen LogP contribution in [0.4, 0.5) is 4.79 Å². The summed E-state index contributed by atoms with van der Waals surface area (Å²) in [5.74, 6) is -1.11. The number of carboxylic acids is 1. The minimum atomic E-state index is -1.11. The molecule has 0 aliphatic carbocycles. The molecule has 0 spiro atoms. The van der Waals surface area contributed by atoms with Crippen molar-refractivity contribution in [2.75, 3.05) is 0 Å². The number of carbonyl (C=O) groups excluding carboxylic acids is 1. The fourth-order valence-corrected chi connectivity index (χ4v) is 2.47. The molecule has 2 N–H and O–H groups in total. The summed E-state index contributed by atoms with van der Waals surface area (Å²) in [6.07, 6.45) is -0.754. The van der Waals surface area contributed by atoms with Crippen LogP contribution in [-0.4, -0.2) is 23.2 Å². The second kappa shape index (κ2) is 7.64. The van der Waals surface area contributed by atoms with Gasteiger partial charge in [-0.3, -0.25) is 0 Å². The molecule has 0 heterocycles. The number of hydrogen-bond acceptors (Lipinski definition) is 3. The first-order valence-corrected chi connectivity index (χ1v) is 7.67. The Balaban J connectivity index is 2.05. The number of nitrogens with one attached hydrogen (secondary N) is 1. The summed E-state index contributed by atoms with van der Waals surface area (Å²) >= 11 is 0. The predicted molar refractivity (Wildman–Crippen MR) is 90.7 cm³/mol. The predicted octanol–water partition coefficient (Wildman–Crippen LogP) is 3.34. The molecule has 1 atom stereocenters. The topological polar surface area (TPSA) is 75.6 Å². The van der Waals surface area contributed by atoms with Gasteiger partial charge in [-0.05, 0) is 11.1 Å². The van der Waals surface area contributed by atoms with Crippen LogP contribution in [0, 0.1) is 0 Å². The molecule has 5 nitrogen and oxygen atoms in total. The van der Waals surface area contributed by atoms with Crippen LogP contribution in [0.25, 0.3) is 0 Å². The van der Waals surface area contributed by atoms with Crippen molar-refractivity contribution in [2.45, 2.75) is 31.9 Å². The lowest BCUT2D eigenvalue weighted by molar-refractivity contribution is -0.141. The highest BCUT2D eigenvalue weighted by Crippen LogP contribution is 2.27. The molecule has 5 heteroatoms. The molecule has 0 unspecified atom stereocenters. The molecule has 2 aromatic carbocycles. The van der Waals surface area contributed by atoms with Crippen molar-refractivity contribution >= 4 is 12.1 Å². The van der Waals surface area contributed by atoms with E-state index in [9.17, 15) is 14.7 Å². The van der Waals surface area contributed by atoms with E-state index in [1.807, 2.05) is 60.7 Å². The average Bonchev–Trinajstić information content (AvgIpc) is 2.59. The summed E-state index contributed by atoms with van der Waals surface area (Å²) in [4.78, 5) is 23.7. The number of carbonyl (C=O) groups is 2. The van der Waals surface area contributed by atoms with Crippen molar-refractivity contribution in [2.24, 2.45) is 0 Å². The summed E-state index contributed by atoms with van der Waals surface area (Å²) < 4.78 is 5.13. The third-order valence-corrected chi connectivity index (χ3v) is 3.96. The highest BCUT2D eigenvalue weighted by atomic mass is 16.5.